The van der Waals surface area contributed by atoms with Crippen molar-refractivity contribution >= 4 is 23.4 Å². The number of hydrogen-bond acceptors (Lipinski definition) is 3. The Labute approximate surface area is 114 Å². The highest BCUT2D eigenvalue weighted by Crippen LogP contribution is 2.36. The molecule has 0 atom stereocenters. The fourth-order valence-corrected chi connectivity index (χ4v) is 2.36. The number of hydrogen-bond donors (Lipinski definition) is 1. The van der Waals surface area contributed by atoms with E-state index in [1.807, 2.05) is 6.07 Å². The number of benzene rings is 1. The Morgan fingerprint density at radius 3 is 2.55 bits per heavy atom. The average Bonchev–Trinajstić information content (AvgIpc) is 2.91. The number of carboxylic acids is 1. The van der Waals surface area contributed by atoms with Gasteiger partial charge in [-0.3, -0.25) is 14.4 Å². The summed E-state index contributed by atoms with van der Waals surface area (Å²) in [4.78, 5) is 25.0. The monoisotopic (exact) mass is 269 g/mol. The molecule has 6 nitrogen and oxygen atoms in total. The van der Waals surface area contributed by atoms with E-state index in [0.717, 1.165) is 0 Å². The molecule has 20 heavy (non-hydrogen) atoms. The lowest BCUT2D eigenvalue weighted by atomic mass is 10.1. The van der Waals surface area contributed by atoms with Crippen molar-refractivity contribution in [3.8, 4) is 0 Å². The van der Waals surface area contributed by atoms with Crippen molar-refractivity contribution in [1.29, 1.82) is 0 Å². The number of anilines is 1. The molecule has 2 aromatic rings. The van der Waals surface area contributed by atoms with Gasteiger partial charge < -0.3 is 5.11 Å². The molecule has 1 aliphatic heterocycles. The normalized spacial score (nSPS) is 13.8. The third kappa shape index (κ3) is 1.48. The van der Waals surface area contributed by atoms with E-state index in [-0.39, 0.29) is 17.3 Å². The van der Waals surface area contributed by atoms with E-state index < -0.39 is 5.97 Å². The zero-order chi connectivity index (χ0) is 14.4. The van der Waals surface area contributed by atoms with Crippen LogP contribution in [-0.4, -0.2) is 26.8 Å². The summed E-state index contributed by atoms with van der Waals surface area (Å²) in [5, 5.41) is 13.1. The van der Waals surface area contributed by atoms with Crippen molar-refractivity contribution in [3.63, 3.8) is 0 Å². The van der Waals surface area contributed by atoms with Crippen LogP contribution >= 0.6 is 0 Å². The van der Waals surface area contributed by atoms with Crippen LogP contribution in [0.4, 0.5) is 5.82 Å². The molecule has 3 rings (SSSR count). The maximum absolute atomic E-state index is 12.5. The van der Waals surface area contributed by atoms with Crippen molar-refractivity contribution < 1.29 is 14.7 Å². The third-order valence-corrected chi connectivity index (χ3v) is 3.29. The predicted octanol–water partition coefficient (Wildman–Crippen LogP) is 1.75. The average molecular weight is 269 g/mol. The highest BCUT2D eigenvalue weighted by atomic mass is 16.4. The lowest BCUT2D eigenvalue weighted by molar-refractivity contribution is 0.0698. The first-order chi connectivity index (χ1) is 9.52. The molecule has 0 spiro atoms. The zero-order valence-corrected chi connectivity index (χ0v) is 10.7. The van der Waals surface area contributed by atoms with Gasteiger partial charge in [-0.15, -0.1) is 0 Å². The quantitative estimate of drug-likeness (QED) is 0.901. The van der Waals surface area contributed by atoms with E-state index in [4.69, 9.17) is 0 Å². The molecule has 0 saturated carbocycles. The smallest absolute Gasteiger partial charge is 0.341 e. The summed E-state index contributed by atoms with van der Waals surface area (Å²) in [7, 11) is 1.59. The molecule has 0 fully saturated rings. The van der Waals surface area contributed by atoms with E-state index in [0.29, 0.717) is 16.8 Å². The van der Waals surface area contributed by atoms with E-state index in [1.165, 1.54) is 15.8 Å². The summed E-state index contributed by atoms with van der Waals surface area (Å²) in [5.41, 5.74) is 1.64. The van der Waals surface area contributed by atoms with Gasteiger partial charge in [-0.05, 0) is 6.07 Å². The van der Waals surface area contributed by atoms with E-state index in [1.54, 1.807) is 25.2 Å². The Morgan fingerprint density at radius 1 is 1.30 bits per heavy atom. The van der Waals surface area contributed by atoms with E-state index in [9.17, 15) is 14.7 Å². The van der Waals surface area contributed by atoms with Crippen molar-refractivity contribution in [2.45, 2.75) is 0 Å². The van der Waals surface area contributed by atoms with Gasteiger partial charge >= 0.3 is 5.97 Å². The molecule has 1 N–H and O–H groups in total. The first-order valence-corrected chi connectivity index (χ1v) is 5.90. The molecule has 0 bridgehead atoms. The number of fused-ring (bicyclic) bond motifs is 1. The Morgan fingerprint density at radius 2 is 1.95 bits per heavy atom. The highest BCUT2D eigenvalue weighted by Gasteiger charge is 2.36. The molecule has 0 aliphatic carbocycles. The number of carbonyl (C=O) groups excluding carboxylic acids is 1. The van der Waals surface area contributed by atoms with Crippen molar-refractivity contribution in [2.75, 3.05) is 4.90 Å². The maximum atomic E-state index is 12.5. The van der Waals surface area contributed by atoms with Gasteiger partial charge in [-0.2, -0.15) is 5.10 Å². The molecule has 1 aliphatic rings. The molecule has 1 aromatic heterocycles. The zero-order valence-electron chi connectivity index (χ0n) is 10.7. The summed E-state index contributed by atoms with van der Waals surface area (Å²) in [6.07, 6.45) is 1.22. The largest absolute Gasteiger partial charge is 0.477 e. The summed E-state index contributed by atoms with van der Waals surface area (Å²) in [6, 6.07) is 7.04. The van der Waals surface area contributed by atoms with Gasteiger partial charge in [0, 0.05) is 18.2 Å². The number of carbonyl (C=O) groups is 2. The number of aromatic nitrogens is 2. The fraction of sp³-hybridized carbons (Fsp3) is 0.0714. The number of carboxylic acid groups (broad SMARTS) is 1. The van der Waals surface area contributed by atoms with Crippen LogP contribution in [0.2, 0.25) is 0 Å². The molecule has 0 unspecified atom stereocenters. The van der Waals surface area contributed by atoms with Crippen LogP contribution in [0.3, 0.4) is 0 Å². The SMILES string of the molecule is C=C1c2ccccc2C(=O)N1c1c(C(=O)O)cnn1C. The Bertz CT molecular complexity index is 726. The molecule has 1 aromatic carbocycles. The number of rotatable bonds is 2. The lowest BCUT2D eigenvalue weighted by Gasteiger charge is -2.18. The molecule has 6 heteroatoms. The first-order valence-electron chi connectivity index (χ1n) is 5.90. The summed E-state index contributed by atoms with van der Waals surface area (Å²) >= 11 is 0. The van der Waals surface area contributed by atoms with Crippen LogP contribution in [0.15, 0.2) is 37.0 Å². The molecule has 1 amide bonds. The highest BCUT2D eigenvalue weighted by molar-refractivity contribution is 6.23. The van der Waals surface area contributed by atoms with Gasteiger partial charge in [0.15, 0.2) is 5.82 Å². The second-order valence-electron chi connectivity index (χ2n) is 4.44. The lowest BCUT2D eigenvalue weighted by Crippen LogP contribution is -2.26. The van der Waals surface area contributed by atoms with Crippen molar-refractivity contribution in [1.82, 2.24) is 9.78 Å². The van der Waals surface area contributed by atoms with Crippen LogP contribution in [0.5, 0.6) is 0 Å². The van der Waals surface area contributed by atoms with Gasteiger partial charge in [0.1, 0.15) is 5.56 Å². The van der Waals surface area contributed by atoms with Gasteiger partial charge in [0.05, 0.1) is 11.9 Å². The van der Waals surface area contributed by atoms with Crippen molar-refractivity contribution in [3.05, 3.63) is 53.7 Å². The molecular weight excluding hydrogens is 258 g/mol. The van der Waals surface area contributed by atoms with Crippen LogP contribution in [-0.2, 0) is 7.05 Å². The van der Waals surface area contributed by atoms with Crippen LogP contribution < -0.4 is 4.90 Å². The second-order valence-corrected chi connectivity index (χ2v) is 4.44. The van der Waals surface area contributed by atoms with E-state index in [2.05, 4.69) is 11.7 Å². The van der Waals surface area contributed by atoms with Crippen LogP contribution in [0.25, 0.3) is 5.70 Å². The number of amides is 1. The Kier molecular flexibility index (Phi) is 2.47. The van der Waals surface area contributed by atoms with Gasteiger partial charge in [0.2, 0.25) is 0 Å². The van der Waals surface area contributed by atoms with Gasteiger partial charge in [0.25, 0.3) is 5.91 Å². The second kappa shape index (κ2) is 4.06. The number of nitrogens with zero attached hydrogens (tertiary/aromatic N) is 3. The fourth-order valence-electron chi connectivity index (χ4n) is 2.36. The first kappa shape index (κ1) is 12.2. The van der Waals surface area contributed by atoms with E-state index >= 15 is 0 Å². The third-order valence-electron chi connectivity index (χ3n) is 3.29. The Hall–Kier alpha value is -2.89. The minimum absolute atomic E-state index is 0.0326. The number of aryl methyl sites for hydroxylation is 1. The summed E-state index contributed by atoms with van der Waals surface area (Å²) in [6.45, 7) is 3.90. The molecule has 100 valence electrons. The topological polar surface area (TPSA) is 75.4 Å². The molecule has 2 heterocycles. The van der Waals surface area contributed by atoms with Crippen molar-refractivity contribution in [2.24, 2.45) is 7.05 Å². The Balaban J connectivity index is 2.19. The minimum atomic E-state index is -1.13. The predicted molar refractivity (Wildman–Crippen MR) is 72.5 cm³/mol. The van der Waals surface area contributed by atoms with Gasteiger partial charge in [-0.1, -0.05) is 24.8 Å². The van der Waals surface area contributed by atoms with Gasteiger partial charge in [-0.25, -0.2) is 4.79 Å². The van der Waals surface area contributed by atoms with Crippen LogP contribution in [0, 0.1) is 0 Å². The summed E-state index contributed by atoms with van der Waals surface area (Å²) < 4.78 is 1.36. The number of aromatic carboxylic acids is 1. The molecular formula is C14H11N3O3. The summed E-state index contributed by atoms with van der Waals surface area (Å²) in [5.74, 6) is -1.22. The molecule has 0 radical (unpaired) electrons. The van der Waals surface area contributed by atoms with Crippen LogP contribution in [0.1, 0.15) is 26.3 Å². The maximum Gasteiger partial charge on any atom is 0.341 e. The standard InChI is InChI=1S/C14H11N3O3/c1-8-9-5-3-4-6-10(9)13(18)17(8)12-11(14(19)20)7-15-16(12)2/h3-7H,1H2,2H3,(H,19,20). The minimum Gasteiger partial charge on any atom is -0.477 e. The molecule has 0 saturated heterocycles.